The normalized spacial score (nSPS) is 11.7. The molecule has 0 aliphatic carbocycles. The Hall–Kier alpha value is -6.02. The Morgan fingerprint density at radius 2 is 0.372 bits per heavy atom. The van der Waals surface area contributed by atoms with Gasteiger partial charge in [0.05, 0.1) is 64.6 Å². The number of hydrogen-bond acceptors (Lipinski definition) is 14. The summed E-state index contributed by atoms with van der Waals surface area (Å²) < 4.78 is 14.3. The molecule has 0 aliphatic heterocycles. The minimum atomic E-state index is 0.635. The third-order valence-corrected chi connectivity index (χ3v) is 23.6. The first-order valence-electron chi connectivity index (χ1n) is 53.8. The summed E-state index contributed by atoms with van der Waals surface area (Å²) in [6, 6.07) is 0. The first-order valence-corrected chi connectivity index (χ1v) is 53.8. The maximum absolute atomic E-state index is 4.25. The van der Waals surface area contributed by atoms with Crippen LogP contribution in [0.25, 0.3) is 0 Å². The predicted molar refractivity (Wildman–Crippen MR) is 549 cm³/mol. The number of unbranched alkanes of at least 4 members (excludes halogenated alkanes) is 18. The molecule has 0 unspecified atom stereocenters. The molecule has 0 fully saturated rings. The van der Waals surface area contributed by atoms with Crippen LogP contribution in [-0.2, 0) is 90.8 Å². The summed E-state index contributed by atoms with van der Waals surface area (Å²) in [6.45, 7) is 70.8. The van der Waals surface area contributed by atoms with Crippen LogP contribution in [0.3, 0.4) is 0 Å². The van der Waals surface area contributed by atoms with Crippen molar-refractivity contribution in [2.75, 3.05) is 0 Å². The maximum atomic E-state index is 4.25. The lowest BCUT2D eigenvalue weighted by atomic mass is 10.0. The van der Waals surface area contributed by atoms with Gasteiger partial charge in [-0.3, -0.25) is 14.0 Å². The fourth-order valence-electron chi connectivity index (χ4n) is 15.0. The van der Waals surface area contributed by atoms with Crippen LogP contribution in [0.2, 0.25) is 0 Å². The van der Waals surface area contributed by atoms with Crippen molar-refractivity contribution < 1.29 is 0 Å². The van der Waals surface area contributed by atoms with Crippen molar-refractivity contribution in [3.05, 3.63) is 83.2 Å². The molecule has 0 saturated heterocycles. The van der Waals surface area contributed by atoms with Gasteiger partial charge in [-0.15, -0.1) is 35.7 Å². The van der Waals surface area contributed by atoms with E-state index in [1.807, 2.05) is 38.8 Å². The zero-order valence-corrected chi connectivity index (χ0v) is 89.8. The van der Waals surface area contributed by atoms with Gasteiger partial charge in [0.2, 0.25) is 0 Å². The molecule has 0 radical (unpaired) electrons. The van der Waals surface area contributed by atoms with Crippen molar-refractivity contribution in [3.8, 4) is 0 Å². The van der Waals surface area contributed by atoms with Crippen molar-refractivity contribution in [1.82, 2.24) is 105 Å². The lowest BCUT2D eigenvalue weighted by molar-refractivity contribution is 0.472. The molecule has 0 saturated carbocycles. The van der Waals surface area contributed by atoms with Gasteiger partial charge in [-0.1, -0.05) is 391 Å². The Balaban J connectivity index is 0.000000753. The second kappa shape index (κ2) is 78.3. The maximum Gasteiger partial charge on any atom is 0.0827 e. The van der Waals surface area contributed by atoms with Crippen molar-refractivity contribution in [1.29, 1.82) is 0 Å². The molecule has 0 bridgehead atoms. The van der Waals surface area contributed by atoms with Gasteiger partial charge in [-0.25, -0.2) is 18.7 Å². The van der Waals surface area contributed by atoms with E-state index in [-0.39, 0.29) is 0 Å². The molecule has 7 rings (SSSR count). The van der Waals surface area contributed by atoms with Crippen LogP contribution in [-0.4, -0.2) is 105 Å². The Bertz CT molecular complexity index is 3330. The average Bonchev–Trinajstić information content (AvgIpc) is 1.80. The molecule has 7 aromatic rings. The molecule has 21 nitrogen and oxygen atoms in total. The van der Waals surface area contributed by atoms with E-state index in [1.54, 1.807) is 0 Å². The van der Waals surface area contributed by atoms with Gasteiger partial charge < -0.3 is 0 Å². The van der Waals surface area contributed by atoms with Gasteiger partial charge >= 0.3 is 0 Å². The van der Waals surface area contributed by atoms with Crippen LogP contribution in [0, 0.1) is 82.9 Å². The Labute approximate surface area is 795 Å². The number of hydrogen-bond donors (Lipinski definition) is 0. The molecule has 0 atom stereocenters. The fourth-order valence-corrected chi connectivity index (χ4v) is 15.0. The summed E-state index contributed by atoms with van der Waals surface area (Å²) in [5.74, 6) is 11.0. The Morgan fingerprint density at radius 1 is 0.178 bits per heavy atom. The second-order valence-corrected chi connectivity index (χ2v) is 44.0. The van der Waals surface area contributed by atoms with E-state index in [2.05, 4.69) is 303 Å². The fraction of sp³-hybridized carbons (Fsp3) is 0.870. The molecule has 0 amide bonds. The summed E-state index contributed by atoms with van der Waals surface area (Å²) in [4.78, 5) is 0. The molecule has 0 aromatic carbocycles. The molecular weight excluding hydrogens is 1590 g/mol. The summed E-state index contributed by atoms with van der Waals surface area (Å²) >= 11 is 0. The molecule has 129 heavy (non-hydrogen) atoms. The van der Waals surface area contributed by atoms with E-state index < -0.39 is 0 Å². The topological polar surface area (TPSA) is 215 Å². The number of aromatic nitrogens is 21. The van der Waals surface area contributed by atoms with E-state index in [9.17, 15) is 0 Å². The Kier molecular flexibility index (Phi) is 73.5. The molecule has 7 aromatic heterocycles. The lowest BCUT2D eigenvalue weighted by Crippen LogP contribution is -2.06. The summed E-state index contributed by atoms with van der Waals surface area (Å²) in [7, 11) is 0. The number of rotatable bonds is 66. The van der Waals surface area contributed by atoms with Crippen LogP contribution in [0.4, 0.5) is 0 Å². The van der Waals surface area contributed by atoms with Gasteiger partial charge in [-0.2, -0.15) is 0 Å². The van der Waals surface area contributed by atoms with Crippen LogP contribution < -0.4 is 0 Å². The largest absolute Gasteiger partial charge is 0.252 e. The minimum Gasteiger partial charge on any atom is -0.252 e. The minimum absolute atomic E-state index is 0.635. The van der Waals surface area contributed by atoms with Crippen molar-refractivity contribution in [2.45, 2.75) is 529 Å². The highest BCUT2D eigenvalue weighted by Gasteiger charge is 2.13. The van der Waals surface area contributed by atoms with Crippen LogP contribution in [0.15, 0.2) is 43.4 Å². The molecule has 0 aliphatic rings. The zero-order valence-electron chi connectivity index (χ0n) is 89.8. The summed E-state index contributed by atoms with van der Waals surface area (Å²) in [6.07, 6.45) is 71.3. The first-order chi connectivity index (χ1) is 61.6. The summed E-state index contributed by atoms with van der Waals surface area (Å²) in [5, 5.41) is 58.2. The van der Waals surface area contributed by atoms with Crippen LogP contribution >= 0.6 is 0 Å². The highest BCUT2D eigenvalue weighted by Crippen LogP contribution is 2.21. The molecule has 746 valence electrons. The smallest absolute Gasteiger partial charge is 0.0827 e. The number of nitrogens with zero attached hydrogens (tertiary/aromatic N) is 21. The third-order valence-electron chi connectivity index (χ3n) is 23.6. The van der Waals surface area contributed by atoms with Gasteiger partial charge in [0.25, 0.3) is 0 Å². The van der Waals surface area contributed by atoms with Gasteiger partial charge in [0.15, 0.2) is 0 Å². The van der Waals surface area contributed by atoms with Crippen molar-refractivity contribution >= 4 is 0 Å². The Morgan fingerprint density at radius 3 is 0.597 bits per heavy atom. The molecular formula is C108H209N21. The standard InChI is InChI=1S/4C16H31N3.2C15H29N3.C14H27N3/c2*1-14(2)9-7-5-6-8-12-19-16(13-17-18-19)11-10-15(3)4;2*1-14(2)9-7-5-6-8-10-16-13-19(18-17-16)12-11-15(3)4;2*1-13(2)8-6-5-7-11-18-15(12-16-17-18)10-9-14(3)4;1-12(2)8-6-5-7-9-14-11-17(16-15-14)10-13(3)4/h4*13-15H,5-12H2,1-4H3;2*12-14H,5-11H2,1-4H3;11-13H,5-10H2,1-4H3. The highest BCUT2D eigenvalue weighted by atomic mass is 15.5. The van der Waals surface area contributed by atoms with E-state index >= 15 is 0 Å². The van der Waals surface area contributed by atoms with E-state index in [4.69, 9.17) is 0 Å². The molecule has 0 spiro atoms. The van der Waals surface area contributed by atoms with Gasteiger partial charge in [0, 0.05) is 64.4 Å². The average molecular weight is 1800 g/mol. The van der Waals surface area contributed by atoms with E-state index in [0.29, 0.717) is 5.92 Å². The monoisotopic (exact) mass is 1800 g/mol. The van der Waals surface area contributed by atoms with Gasteiger partial charge in [0.1, 0.15) is 0 Å². The predicted octanol–water partition coefficient (Wildman–Crippen LogP) is 29.8. The van der Waals surface area contributed by atoms with Gasteiger partial charge in [-0.05, 0) is 211 Å². The molecule has 0 N–H and O–H groups in total. The van der Waals surface area contributed by atoms with Crippen LogP contribution in [0.1, 0.15) is 478 Å². The highest BCUT2D eigenvalue weighted by molar-refractivity contribution is 4.98. The SMILES string of the molecule is CC(C)CCCCCCc1cn(CCC(C)C)nn1.CC(C)CCCCCCc1cn(CCC(C)C)nn1.CC(C)CCCCCCn1nncc1CCC(C)C.CC(C)CCCCCCn1nncc1CCC(C)C.CC(C)CCCCCc1cn(CC(C)C)nn1.CC(C)CCCCCn1nncc1CCC(C)C.CC(C)CCCCCn1nncc1CCC(C)C. The van der Waals surface area contributed by atoms with E-state index in [1.165, 1.54) is 267 Å². The lowest BCUT2D eigenvalue weighted by Gasteiger charge is -2.08. The van der Waals surface area contributed by atoms with Crippen LogP contribution in [0.5, 0.6) is 0 Å². The van der Waals surface area contributed by atoms with Crippen molar-refractivity contribution in [2.24, 2.45) is 82.9 Å². The quantitative estimate of drug-likeness (QED) is 0.0324. The second-order valence-electron chi connectivity index (χ2n) is 44.0. The summed E-state index contributed by atoms with van der Waals surface area (Å²) in [5.41, 5.74) is 8.67. The zero-order chi connectivity index (χ0) is 95.8. The first kappa shape index (κ1) is 121. The third kappa shape index (κ3) is 73.1. The van der Waals surface area contributed by atoms with Crippen molar-refractivity contribution in [3.63, 3.8) is 0 Å². The molecule has 21 heteroatoms. The van der Waals surface area contributed by atoms with E-state index in [0.717, 1.165) is 185 Å². The number of aryl methyl sites for hydroxylation is 13. The molecule has 7 heterocycles.